The number of aliphatic hydroxyl groups is 1. The molecule has 1 aliphatic heterocycles. The highest BCUT2D eigenvalue weighted by atomic mass is 19.1. The Morgan fingerprint density at radius 1 is 1.44 bits per heavy atom. The van der Waals surface area contributed by atoms with Crippen LogP contribution in [0.15, 0.2) is 30.7 Å². The lowest BCUT2D eigenvalue weighted by molar-refractivity contribution is 0.0264. The molecule has 8 heteroatoms. The number of amides is 1. The van der Waals surface area contributed by atoms with Gasteiger partial charge in [-0.25, -0.2) is 9.37 Å². The summed E-state index contributed by atoms with van der Waals surface area (Å²) in [6, 6.07) is 2.94. The van der Waals surface area contributed by atoms with Crippen LogP contribution < -0.4 is 4.90 Å². The summed E-state index contributed by atoms with van der Waals surface area (Å²) in [5.74, 6) is 0.0539. The Morgan fingerprint density at radius 2 is 2.24 bits per heavy atom. The molecule has 2 aromatic rings. The first kappa shape index (κ1) is 17.3. The fourth-order valence-electron chi connectivity index (χ4n) is 3.12. The van der Waals surface area contributed by atoms with Gasteiger partial charge in [0.1, 0.15) is 17.2 Å². The number of carbonyl (C=O) groups excluding carboxylic acids is 1. The van der Waals surface area contributed by atoms with Gasteiger partial charge in [0.05, 0.1) is 24.5 Å². The minimum Gasteiger partial charge on any atom is -0.386 e. The molecule has 0 aliphatic carbocycles. The predicted octanol–water partition coefficient (Wildman–Crippen LogP) is 1.15. The number of anilines is 1. The molecule has 1 amide bonds. The largest absolute Gasteiger partial charge is 0.386 e. The van der Waals surface area contributed by atoms with Gasteiger partial charge in [0.15, 0.2) is 0 Å². The first-order valence-electron chi connectivity index (χ1n) is 8.27. The highest BCUT2D eigenvalue weighted by Crippen LogP contribution is 2.26. The summed E-state index contributed by atoms with van der Waals surface area (Å²) in [5, 5.41) is 14.9. The molecule has 1 atom stereocenters. The lowest BCUT2D eigenvalue weighted by Crippen LogP contribution is -2.45. The van der Waals surface area contributed by atoms with E-state index in [1.54, 1.807) is 24.0 Å². The van der Waals surface area contributed by atoms with Crippen LogP contribution in [-0.4, -0.2) is 63.0 Å². The van der Waals surface area contributed by atoms with Gasteiger partial charge in [-0.05, 0) is 25.5 Å². The number of rotatable bonds is 5. The summed E-state index contributed by atoms with van der Waals surface area (Å²) in [5.41, 5.74) is -0.524. The zero-order chi connectivity index (χ0) is 18.0. The smallest absolute Gasteiger partial charge is 0.256 e. The van der Waals surface area contributed by atoms with E-state index >= 15 is 0 Å². The zero-order valence-corrected chi connectivity index (χ0v) is 14.4. The fraction of sp³-hybridized carbons (Fsp3) is 0.471. The van der Waals surface area contributed by atoms with E-state index in [1.165, 1.54) is 17.2 Å². The molecule has 0 spiro atoms. The van der Waals surface area contributed by atoms with E-state index in [-0.39, 0.29) is 12.5 Å². The van der Waals surface area contributed by atoms with Crippen molar-refractivity contribution in [3.8, 4) is 0 Å². The number of aromatic nitrogens is 3. The minimum atomic E-state index is -1.03. The van der Waals surface area contributed by atoms with Crippen LogP contribution in [0.25, 0.3) is 0 Å². The van der Waals surface area contributed by atoms with Gasteiger partial charge >= 0.3 is 0 Å². The molecule has 0 bridgehead atoms. The van der Waals surface area contributed by atoms with E-state index < -0.39 is 11.4 Å². The molecule has 0 unspecified atom stereocenters. The van der Waals surface area contributed by atoms with E-state index in [4.69, 9.17) is 0 Å². The van der Waals surface area contributed by atoms with E-state index in [0.717, 1.165) is 6.20 Å². The molecule has 3 rings (SSSR count). The van der Waals surface area contributed by atoms with Crippen molar-refractivity contribution in [2.24, 2.45) is 0 Å². The third-order valence-corrected chi connectivity index (χ3v) is 4.45. The van der Waals surface area contributed by atoms with Crippen LogP contribution in [0.3, 0.4) is 0 Å². The van der Waals surface area contributed by atoms with Crippen molar-refractivity contribution in [1.29, 1.82) is 0 Å². The van der Waals surface area contributed by atoms with Crippen LogP contribution in [0.5, 0.6) is 0 Å². The van der Waals surface area contributed by atoms with Crippen LogP contribution in [0.2, 0.25) is 0 Å². The molecular weight excluding hydrogens is 325 g/mol. The lowest BCUT2D eigenvalue weighted by Gasteiger charge is -2.29. The average Bonchev–Trinajstić information content (AvgIpc) is 3.22. The quantitative estimate of drug-likeness (QED) is 0.878. The monoisotopic (exact) mass is 347 g/mol. The van der Waals surface area contributed by atoms with Crippen molar-refractivity contribution >= 4 is 11.7 Å². The molecule has 1 aliphatic rings. The highest BCUT2D eigenvalue weighted by Gasteiger charge is 2.38. The van der Waals surface area contributed by atoms with Gasteiger partial charge in [-0.3, -0.25) is 9.48 Å². The zero-order valence-electron chi connectivity index (χ0n) is 14.4. The van der Waals surface area contributed by atoms with Gasteiger partial charge in [0.2, 0.25) is 0 Å². The topological polar surface area (TPSA) is 74.5 Å². The van der Waals surface area contributed by atoms with Crippen molar-refractivity contribution in [3.05, 3.63) is 42.1 Å². The Kier molecular flexibility index (Phi) is 4.71. The Morgan fingerprint density at radius 3 is 2.88 bits per heavy atom. The Labute approximate surface area is 145 Å². The molecule has 2 aromatic heterocycles. The maximum atomic E-state index is 13.0. The van der Waals surface area contributed by atoms with Crippen molar-refractivity contribution in [2.45, 2.75) is 25.5 Å². The second-order valence-corrected chi connectivity index (χ2v) is 6.48. The number of likely N-dealkylation sites (N-methyl/N-ethyl adjacent to an activating group) is 1. The van der Waals surface area contributed by atoms with Crippen LogP contribution >= 0.6 is 0 Å². The molecule has 0 saturated carbocycles. The molecule has 1 saturated heterocycles. The van der Waals surface area contributed by atoms with Crippen molar-refractivity contribution in [2.75, 3.05) is 31.6 Å². The van der Waals surface area contributed by atoms with Crippen molar-refractivity contribution in [3.63, 3.8) is 0 Å². The number of hydrogen-bond acceptors (Lipinski definition) is 5. The van der Waals surface area contributed by atoms with Gasteiger partial charge < -0.3 is 14.9 Å². The molecule has 25 heavy (non-hydrogen) atoms. The van der Waals surface area contributed by atoms with Gasteiger partial charge in [-0.15, -0.1) is 0 Å². The lowest BCUT2D eigenvalue weighted by atomic mass is 10.0. The SMILES string of the molecule is CCn1cc(C(=O)N(C)C[C@@]2(O)CCN(c3ccc(F)cn3)C2)cn1. The highest BCUT2D eigenvalue weighted by molar-refractivity contribution is 5.93. The third-order valence-electron chi connectivity index (χ3n) is 4.45. The van der Waals surface area contributed by atoms with Gasteiger partial charge in [-0.1, -0.05) is 0 Å². The summed E-state index contributed by atoms with van der Waals surface area (Å²) >= 11 is 0. The molecule has 7 nitrogen and oxygen atoms in total. The first-order valence-corrected chi connectivity index (χ1v) is 8.27. The first-order chi connectivity index (χ1) is 11.9. The summed E-state index contributed by atoms with van der Waals surface area (Å²) in [6.07, 6.45) is 4.91. The minimum absolute atomic E-state index is 0.175. The molecule has 134 valence electrons. The average molecular weight is 347 g/mol. The van der Waals surface area contributed by atoms with Gasteiger partial charge in [-0.2, -0.15) is 5.10 Å². The molecule has 0 aromatic carbocycles. The molecule has 3 heterocycles. The Bertz CT molecular complexity index is 748. The number of halogens is 1. The van der Waals surface area contributed by atoms with E-state index in [0.29, 0.717) is 37.4 Å². The van der Waals surface area contributed by atoms with Crippen molar-refractivity contribution < 1.29 is 14.3 Å². The van der Waals surface area contributed by atoms with E-state index in [1.807, 2.05) is 11.8 Å². The number of β-amino-alcohol motifs (C(OH)–C–C–N with tert-alkyl or cyclic N) is 1. The molecule has 1 fully saturated rings. The number of aryl methyl sites for hydroxylation is 1. The summed E-state index contributed by atoms with van der Waals surface area (Å²) in [4.78, 5) is 19.9. The molecule has 1 N–H and O–H groups in total. The Balaban J connectivity index is 1.63. The second kappa shape index (κ2) is 6.79. The van der Waals surface area contributed by atoms with Crippen LogP contribution in [0.1, 0.15) is 23.7 Å². The van der Waals surface area contributed by atoms with Gasteiger partial charge in [0, 0.05) is 32.9 Å². The second-order valence-electron chi connectivity index (χ2n) is 6.48. The van der Waals surface area contributed by atoms with Gasteiger partial charge in [0.25, 0.3) is 5.91 Å². The third kappa shape index (κ3) is 3.79. The Hall–Kier alpha value is -2.48. The summed E-state index contributed by atoms with van der Waals surface area (Å²) < 4.78 is 14.7. The van der Waals surface area contributed by atoms with E-state index in [2.05, 4.69) is 10.1 Å². The summed E-state index contributed by atoms with van der Waals surface area (Å²) in [6.45, 7) is 3.80. The van der Waals surface area contributed by atoms with Crippen LogP contribution in [0, 0.1) is 5.82 Å². The number of nitrogens with zero attached hydrogens (tertiary/aromatic N) is 5. The maximum absolute atomic E-state index is 13.0. The van der Waals surface area contributed by atoms with E-state index in [9.17, 15) is 14.3 Å². The number of hydrogen-bond donors (Lipinski definition) is 1. The number of carbonyl (C=O) groups is 1. The predicted molar refractivity (Wildman–Crippen MR) is 90.8 cm³/mol. The molecular formula is C17H22FN5O2. The van der Waals surface area contributed by atoms with Crippen LogP contribution in [-0.2, 0) is 6.54 Å². The summed E-state index contributed by atoms with van der Waals surface area (Å²) in [7, 11) is 1.67. The van der Waals surface area contributed by atoms with Crippen molar-refractivity contribution in [1.82, 2.24) is 19.7 Å². The fourth-order valence-corrected chi connectivity index (χ4v) is 3.12. The normalized spacial score (nSPS) is 20.1. The van der Waals surface area contributed by atoms with Crippen LogP contribution in [0.4, 0.5) is 10.2 Å². The number of pyridine rings is 1. The standard InChI is InChI=1S/C17H22FN5O2/c1-3-23-10-13(8-20-23)16(24)21(2)11-17(25)6-7-22(12-17)15-5-4-14(18)9-19-15/h4-5,8-10,25H,3,6-7,11-12H2,1-2H3/t17-/m0/s1. The molecule has 0 radical (unpaired) electrons. The maximum Gasteiger partial charge on any atom is 0.256 e.